The van der Waals surface area contributed by atoms with E-state index in [1.165, 1.54) is 19.1 Å². The summed E-state index contributed by atoms with van der Waals surface area (Å²) < 4.78 is 33.7. The number of esters is 1. The number of halogens is 2. The number of hydrogen-bond acceptors (Lipinski definition) is 4. The van der Waals surface area contributed by atoms with Crippen LogP contribution in [-0.4, -0.2) is 24.4 Å². The van der Waals surface area contributed by atoms with Crippen LogP contribution in [-0.2, 0) is 25.0 Å². The first-order valence-corrected chi connectivity index (χ1v) is 8.93. The minimum absolute atomic E-state index is 0.210. The van der Waals surface area contributed by atoms with Gasteiger partial charge in [-0.15, -0.1) is 0 Å². The van der Waals surface area contributed by atoms with E-state index in [1.807, 2.05) is 0 Å². The SMILES string of the molecule is CCOC(=O)C(F)(F)c1ccc(NC(=O)C(C)(C)C)cc1NC(=O)C(C)(C)C. The molecule has 1 aromatic carbocycles. The maximum atomic E-state index is 14.6. The van der Waals surface area contributed by atoms with Gasteiger partial charge in [0.2, 0.25) is 11.8 Å². The molecule has 2 N–H and O–H groups in total. The Balaban J connectivity index is 3.41. The maximum absolute atomic E-state index is 14.6. The van der Waals surface area contributed by atoms with E-state index in [0.717, 1.165) is 6.07 Å². The fourth-order valence-electron chi connectivity index (χ4n) is 1.96. The summed E-state index contributed by atoms with van der Waals surface area (Å²) in [6.07, 6.45) is 0. The Labute approximate surface area is 164 Å². The molecule has 0 aliphatic carbocycles. The maximum Gasteiger partial charge on any atom is 0.382 e. The first-order valence-electron chi connectivity index (χ1n) is 8.93. The van der Waals surface area contributed by atoms with Crippen molar-refractivity contribution in [3.05, 3.63) is 23.8 Å². The highest BCUT2D eigenvalue weighted by atomic mass is 19.3. The highest BCUT2D eigenvalue weighted by Crippen LogP contribution is 2.37. The molecule has 156 valence electrons. The number of hydrogen-bond donors (Lipinski definition) is 2. The minimum Gasteiger partial charge on any atom is -0.461 e. The number of carbonyl (C=O) groups excluding carboxylic acids is 3. The average molecular weight is 398 g/mol. The Morgan fingerprint density at radius 3 is 1.89 bits per heavy atom. The van der Waals surface area contributed by atoms with Crippen molar-refractivity contribution in [2.75, 3.05) is 17.2 Å². The van der Waals surface area contributed by atoms with Crippen LogP contribution in [0.1, 0.15) is 54.0 Å². The van der Waals surface area contributed by atoms with Gasteiger partial charge in [0, 0.05) is 16.5 Å². The fourth-order valence-corrected chi connectivity index (χ4v) is 1.96. The molecule has 8 heteroatoms. The quantitative estimate of drug-likeness (QED) is 0.724. The monoisotopic (exact) mass is 398 g/mol. The van der Waals surface area contributed by atoms with Crippen molar-refractivity contribution >= 4 is 29.2 Å². The Kier molecular flexibility index (Phi) is 6.93. The third kappa shape index (κ3) is 5.74. The first-order chi connectivity index (χ1) is 12.6. The molecule has 28 heavy (non-hydrogen) atoms. The number of carbonyl (C=O) groups is 3. The van der Waals surface area contributed by atoms with Crippen molar-refractivity contribution in [1.82, 2.24) is 0 Å². The van der Waals surface area contributed by atoms with Gasteiger partial charge in [0.1, 0.15) is 0 Å². The van der Waals surface area contributed by atoms with Crippen LogP contribution in [0.3, 0.4) is 0 Å². The van der Waals surface area contributed by atoms with Crippen molar-refractivity contribution in [2.24, 2.45) is 10.8 Å². The third-order valence-corrected chi connectivity index (χ3v) is 3.76. The van der Waals surface area contributed by atoms with Gasteiger partial charge in [-0.25, -0.2) is 4.79 Å². The minimum atomic E-state index is -3.97. The van der Waals surface area contributed by atoms with Gasteiger partial charge in [-0.1, -0.05) is 41.5 Å². The van der Waals surface area contributed by atoms with Crippen molar-refractivity contribution < 1.29 is 27.9 Å². The predicted molar refractivity (Wildman–Crippen MR) is 103 cm³/mol. The molecule has 2 amide bonds. The molecule has 0 saturated carbocycles. The smallest absolute Gasteiger partial charge is 0.382 e. The molecule has 0 spiro atoms. The van der Waals surface area contributed by atoms with Gasteiger partial charge >= 0.3 is 11.9 Å². The summed E-state index contributed by atoms with van der Waals surface area (Å²) in [7, 11) is 0. The van der Waals surface area contributed by atoms with Gasteiger partial charge in [0.15, 0.2) is 0 Å². The van der Waals surface area contributed by atoms with Crippen LogP contribution in [0.4, 0.5) is 20.2 Å². The normalized spacial score (nSPS) is 12.3. The van der Waals surface area contributed by atoms with E-state index in [1.54, 1.807) is 41.5 Å². The van der Waals surface area contributed by atoms with E-state index < -0.39 is 34.2 Å². The van der Waals surface area contributed by atoms with Gasteiger partial charge in [0.25, 0.3) is 0 Å². The van der Waals surface area contributed by atoms with E-state index in [9.17, 15) is 23.2 Å². The van der Waals surface area contributed by atoms with Crippen LogP contribution in [0.15, 0.2) is 18.2 Å². The Morgan fingerprint density at radius 2 is 1.43 bits per heavy atom. The summed E-state index contributed by atoms with van der Waals surface area (Å²) in [6, 6.07) is 3.45. The second-order valence-electron chi connectivity index (χ2n) is 8.46. The number of rotatable bonds is 5. The van der Waals surface area contributed by atoms with Gasteiger partial charge in [0.05, 0.1) is 17.9 Å². The molecule has 0 aliphatic heterocycles. The zero-order chi connectivity index (χ0) is 21.9. The average Bonchev–Trinajstić information content (AvgIpc) is 2.53. The summed E-state index contributed by atoms with van der Waals surface area (Å²) in [6.45, 7) is 11.2. The largest absolute Gasteiger partial charge is 0.461 e. The van der Waals surface area contributed by atoms with Crippen LogP contribution in [0, 0.1) is 10.8 Å². The molecule has 6 nitrogen and oxygen atoms in total. The molecule has 0 aromatic heterocycles. The molecular formula is C20H28F2N2O4. The Bertz CT molecular complexity index is 762. The van der Waals surface area contributed by atoms with Crippen molar-refractivity contribution in [3.8, 4) is 0 Å². The van der Waals surface area contributed by atoms with Gasteiger partial charge < -0.3 is 15.4 Å². The molecule has 0 radical (unpaired) electrons. The lowest BCUT2D eigenvalue weighted by Gasteiger charge is -2.24. The number of amides is 2. The lowest BCUT2D eigenvalue weighted by molar-refractivity contribution is -0.173. The summed E-state index contributed by atoms with van der Waals surface area (Å²) in [4.78, 5) is 36.3. The van der Waals surface area contributed by atoms with Crippen LogP contribution in [0.5, 0.6) is 0 Å². The molecular weight excluding hydrogens is 370 g/mol. The van der Waals surface area contributed by atoms with E-state index in [-0.39, 0.29) is 23.9 Å². The van der Waals surface area contributed by atoms with E-state index in [4.69, 9.17) is 0 Å². The van der Waals surface area contributed by atoms with Crippen LogP contribution >= 0.6 is 0 Å². The van der Waals surface area contributed by atoms with Gasteiger partial charge in [-0.3, -0.25) is 9.59 Å². The van der Waals surface area contributed by atoms with E-state index >= 15 is 0 Å². The molecule has 0 heterocycles. The highest BCUT2D eigenvalue weighted by Gasteiger charge is 2.45. The number of ether oxygens (including phenoxy) is 1. The second-order valence-corrected chi connectivity index (χ2v) is 8.46. The lowest BCUT2D eigenvalue weighted by atomic mass is 9.94. The molecule has 1 rings (SSSR count). The number of anilines is 2. The zero-order valence-electron chi connectivity index (χ0n) is 17.3. The summed E-state index contributed by atoms with van der Waals surface area (Å²) in [5.74, 6) is -6.53. The highest BCUT2D eigenvalue weighted by molar-refractivity contribution is 5.99. The van der Waals surface area contributed by atoms with Crippen molar-refractivity contribution in [3.63, 3.8) is 0 Å². The van der Waals surface area contributed by atoms with Crippen molar-refractivity contribution in [1.29, 1.82) is 0 Å². The first kappa shape index (κ1) is 23.5. The molecule has 0 saturated heterocycles. The third-order valence-electron chi connectivity index (χ3n) is 3.76. The standard InChI is InChI=1S/C20H28F2N2O4/c1-8-28-17(27)20(21,22)13-10-9-12(23-15(25)18(2,3)4)11-14(13)24-16(26)19(5,6)7/h9-11H,8H2,1-7H3,(H,23,25)(H,24,26). The van der Waals surface area contributed by atoms with Crippen LogP contribution in [0.2, 0.25) is 0 Å². The second kappa shape index (κ2) is 8.24. The summed E-state index contributed by atoms with van der Waals surface area (Å²) in [5.41, 5.74) is -2.33. The van der Waals surface area contributed by atoms with Crippen LogP contribution in [0.25, 0.3) is 0 Å². The number of nitrogens with one attached hydrogen (secondary N) is 2. The molecule has 0 unspecified atom stereocenters. The number of alkyl halides is 2. The Morgan fingerprint density at radius 1 is 0.929 bits per heavy atom. The Hall–Kier alpha value is -2.51. The van der Waals surface area contributed by atoms with E-state index in [0.29, 0.717) is 0 Å². The molecule has 1 aromatic rings. The lowest BCUT2D eigenvalue weighted by Crippen LogP contribution is -2.33. The zero-order valence-corrected chi connectivity index (χ0v) is 17.3. The van der Waals surface area contributed by atoms with Gasteiger partial charge in [-0.05, 0) is 25.1 Å². The molecule has 0 fully saturated rings. The fraction of sp³-hybridized carbons (Fsp3) is 0.550. The van der Waals surface area contributed by atoms with E-state index in [2.05, 4.69) is 15.4 Å². The predicted octanol–water partition coefficient (Wildman–Crippen LogP) is 4.31. The van der Waals surface area contributed by atoms with Gasteiger partial charge in [-0.2, -0.15) is 8.78 Å². The van der Waals surface area contributed by atoms with Crippen molar-refractivity contribution in [2.45, 2.75) is 54.4 Å². The topological polar surface area (TPSA) is 84.5 Å². The number of benzene rings is 1. The van der Waals surface area contributed by atoms with Crippen LogP contribution < -0.4 is 10.6 Å². The molecule has 0 atom stereocenters. The summed E-state index contributed by atoms with van der Waals surface area (Å²) >= 11 is 0. The molecule has 0 aliphatic rings. The summed E-state index contributed by atoms with van der Waals surface area (Å²) in [5, 5.41) is 5.04. The molecule has 0 bridgehead atoms.